The number of rotatable bonds is 5. The lowest BCUT2D eigenvalue weighted by Gasteiger charge is -2.41. The summed E-state index contributed by atoms with van der Waals surface area (Å²) < 4.78 is 13.5. The second-order valence-corrected chi connectivity index (χ2v) is 9.04. The number of ketones is 1. The Balaban J connectivity index is 1.61. The number of halogens is 1. The number of hydrogen-bond acceptors (Lipinski definition) is 6. The molecule has 2 atom stereocenters. The van der Waals surface area contributed by atoms with Crippen molar-refractivity contribution in [1.82, 2.24) is 16.0 Å². The van der Waals surface area contributed by atoms with Crippen molar-refractivity contribution < 1.29 is 19.1 Å². The van der Waals surface area contributed by atoms with Gasteiger partial charge in [-0.15, -0.1) is 0 Å². The Morgan fingerprint density at radius 2 is 2.03 bits per heavy atom. The van der Waals surface area contributed by atoms with Gasteiger partial charge in [0, 0.05) is 30.3 Å². The van der Waals surface area contributed by atoms with E-state index in [0.717, 1.165) is 11.3 Å². The third-order valence-corrected chi connectivity index (χ3v) is 6.28. The molecule has 0 bridgehead atoms. The average molecular weight is 429 g/mol. The van der Waals surface area contributed by atoms with Crippen LogP contribution in [-0.4, -0.2) is 41.6 Å². The number of primary amides is 1. The first kappa shape index (κ1) is 21.3. The maximum atomic E-state index is 13.5. The molecule has 1 heterocycles. The first-order chi connectivity index (χ1) is 14.7. The normalized spacial score (nSPS) is 30.0. The smallest absolute Gasteiger partial charge is 0.312 e. The molecule has 0 saturated heterocycles. The number of aliphatic imine (C=N–C) groups is 1. The summed E-state index contributed by atoms with van der Waals surface area (Å²) in [6.07, 6.45) is 2.53. The van der Waals surface area contributed by atoms with E-state index < -0.39 is 12.1 Å². The molecule has 166 valence electrons. The van der Waals surface area contributed by atoms with Crippen molar-refractivity contribution in [3.8, 4) is 0 Å². The number of urea groups is 1. The van der Waals surface area contributed by atoms with Crippen molar-refractivity contribution in [2.75, 3.05) is 6.54 Å². The van der Waals surface area contributed by atoms with Crippen molar-refractivity contribution in [2.45, 2.75) is 57.2 Å². The van der Waals surface area contributed by atoms with Gasteiger partial charge in [-0.05, 0) is 48.8 Å². The predicted octanol–water partition coefficient (Wildman–Crippen LogP) is 1.62. The second-order valence-electron chi connectivity index (χ2n) is 9.04. The van der Waals surface area contributed by atoms with E-state index in [1.807, 2.05) is 6.92 Å². The van der Waals surface area contributed by atoms with Crippen LogP contribution in [0.25, 0.3) is 0 Å². The molecule has 1 fully saturated rings. The van der Waals surface area contributed by atoms with E-state index in [1.54, 1.807) is 12.1 Å². The number of benzene rings is 1. The lowest BCUT2D eigenvalue weighted by atomic mass is 9.70. The lowest BCUT2D eigenvalue weighted by Crippen LogP contribution is -2.53. The predicted molar refractivity (Wildman–Crippen MR) is 113 cm³/mol. The van der Waals surface area contributed by atoms with Gasteiger partial charge < -0.3 is 26.8 Å². The minimum absolute atomic E-state index is 0.00786. The molecule has 31 heavy (non-hydrogen) atoms. The number of amides is 2. The van der Waals surface area contributed by atoms with Crippen LogP contribution in [0.5, 0.6) is 0 Å². The van der Waals surface area contributed by atoms with Gasteiger partial charge in [-0.3, -0.25) is 4.79 Å². The van der Waals surface area contributed by atoms with Crippen LogP contribution in [0.2, 0.25) is 0 Å². The Morgan fingerprint density at radius 1 is 1.32 bits per heavy atom. The number of hydrogen-bond donors (Lipinski definition) is 5. The standard InChI is InChI=1S/C22H28FN5O3/c1-22(6-7-25-20(24)31)10-16-18(17(30)11-22)19(12-2-4-13(23)5-3-12)28-21(27-16)26-14-8-15(29)9-14/h2-5,14-15,19,29H,6-11H2,1H3,(H3,24,25,31)(H2,26,27,28)/t14?,15?,19-,22-/m0/s1. The Bertz CT molecular complexity index is 939. The van der Waals surface area contributed by atoms with Gasteiger partial charge >= 0.3 is 6.03 Å². The quantitative estimate of drug-likeness (QED) is 0.486. The molecule has 1 aromatic carbocycles. The summed E-state index contributed by atoms with van der Waals surface area (Å²) in [5.41, 5.74) is 6.97. The largest absolute Gasteiger partial charge is 0.393 e. The highest BCUT2D eigenvalue weighted by Gasteiger charge is 2.42. The van der Waals surface area contributed by atoms with E-state index in [4.69, 9.17) is 10.7 Å². The van der Waals surface area contributed by atoms with E-state index in [0.29, 0.717) is 50.2 Å². The third kappa shape index (κ3) is 4.71. The minimum atomic E-state index is -0.584. The number of nitrogens with zero attached hydrogens (tertiary/aromatic N) is 1. The molecule has 0 unspecified atom stereocenters. The van der Waals surface area contributed by atoms with Crippen LogP contribution >= 0.6 is 0 Å². The number of carbonyl (C=O) groups excluding carboxylic acids is 2. The van der Waals surface area contributed by atoms with E-state index in [1.165, 1.54) is 12.1 Å². The summed E-state index contributed by atoms with van der Waals surface area (Å²) in [4.78, 5) is 29.0. The van der Waals surface area contributed by atoms with Gasteiger partial charge in [0.1, 0.15) is 11.9 Å². The Labute approximate surface area is 180 Å². The van der Waals surface area contributed by atoms with Crippen molar-refractivity contribution in [3.63, 3.8) is 0 Å². The van der Waals surface area contributed by atoms with Gasteiger partial charge in [0.05, 0.1) is 6.10 Å². The molecular formula is C22H28FN5O3. The summed E-state index contributed by atoms with van der Waals surface area (Å²) in [6.45, 7) is 2.41. The highest BCUT2D eigenvalue weighted by Crippen LogP contribution is 2.44. The summed E-state index contributed by atoms with van der Waals surface area (Å²) in [7, 11) is 0. The molecule has 3 aliphatic rings. The van der Waals surface area contributed by atoms with Crippen molar-refractivity contribution >= 4 is 17.8 Å². The van der Waals surface area contributed by atoms with Crippen LogP contribution in [0.3, 0.4) is 0 Å². The monoisotopic (exact) mass is 429 g/mol. The number of guanidine groups is 1. The zero-order valence-corrected chi connectivity index (χ0v) is 17.5. The lowest BCUT2D eigenvalue weighted by molar-refractivity contribution is -0.118. The Kier molecular flexibility index (Phi) is 5.70. The maximum absolute atomic E-state index is 13.5. The second kappa shape index (κ2) is 8.30. The average Bonchev–Trinajstić information content (AvgIpc) is 2.66. The van der Waals surface area contributed by atoms with Gasteiger partial charge in [-0.25, -0.2) is 14.2 Å². The highest BCUT2D eigenvalue weighted by atomic mass is 19.1. The molecule has 2 amide bonds. The van der Waals surface area contributed by atoms with E-state index in [2.05, 4.69) is 16.0 Å². The molecule has 0 aromatic heterocycles. The fraction of sp³-hybridized carbons (Fsp3) is 0.500. The Morgan fingerprint density at radius 3 is 2.68 bits per heavy atom. The molecule has 2 aliphatic carbocycles. The molecule has 1 saturated carbocycles. The molecule has 6 N–H and O–H groups in total. The third-order valence-electron chi connectivity index (χ3n) is 6.28. The molecular weight excluding hydrogens is 401 g/mol. The van der Waals surface area contributed by atoms with Crippen LogP contribution in [0.15, 0.2) is 40.5 Å². The van der Waals surface area contributed by atoms with E-state index >= 15 is 0 Å². The molecule has 0 spiro atoms. The number of nitrogens with one attached hydrogen (secondary N) is 3. The van der Waals surface area contributed by atoms with Crippen molar-refractivity contribution in [1.29, 1.82) is 0 Å². The van der Waals surface area contributed by atoms with Gasteiger partial charge in [0.15, 0.2) is 11.7 Å². The van der Waals surface area contributed by atoms with Crippen LogP contribution in [0.1, 0.15) is 50.6 Å². The SMILES string of the molecule is C[C@@]1(CCNC(N)=O)CC(=O)C2=C(C1)NC(NC1CC(O)C1)=N[C@H]2c1ccc(F)cc1. The van der Waals surface area contributed by atoms with Gasteiger partial charge in [0.2, 0.25) is 0 Å². The van der Waals surface area contributed by atoms with Crippen LogP contribution < -0.4 is 21.7 Å². The van der Waals surface area contributed by atoms with Crippen LogP contribution in [0, 0.1) is 11.2 Å². The fourth-order valence-corrected chi connectivity index (χ4v) is 4.56. The van der Waals surface area contributed by atoms with Crippen molar-refractivity contribution in [2.24, 2.45) is 16.1 Å². The summed E-state index contributed by atoms with van der Waals surface area (Å²) >= 11 is 0. The zero-order chi connectivity index (χ0) is 22.2. The number of allylic oxidation sites excluding steroid dienone is 1. The molecule has 1 aromatic rings. The number of aliphatic hydroxyl groups is 1. The topological polar surface area (TPSA) is 129 Å². The Hall–Kier alpha value is -2.94. The number of carbonyl (C=O) groups is 2. The summed E-state index contributed by atoms with van der Waals surface area (Å²) in [5.74, 6) is 0.200. The van der Waals surface area contributed by atoms with Gasteiger partial charge in [-0.1, -0.05) is 19.1 Å². The first-order valence-corrected chi connectivity index (χ1v) is 10.6. The summed E-state index contributed by atoms with van der Waals surface area (Å²) in [5, 5.41) is 18.8. The minimum Gasteiger partial charge on any atom is -0.393 e. The number of Topliss-reactive ketones (excluding diaryl/α,β-unsaturated/α-hetero) is 1. The zero-order valence-electron chi connectivity index (χ0n) is 17.5. The van der Waals surface area contributed by atoms with Crippen LogP contribution in [0.4, 0.5) is 9.18 Å². The van der Waals surface area contributed by atoms with E-state index in [9.17, 15) is 19.1 Å². The highest BCUT2D eigenvalue weighted by molar-refractivity contribution is 6.01. The number of nitrogens with two attached hydrogens (primary N) is 1. The molecule has 0 radical (unpaired) electrons. The van der Waals surface area contributed by atoms with E-state index in [-0.39, 0.29) is 29.2 Å². The first-order valence-electron chi connectivity index (χ1n) is 10.6. The molecule has 4 rings (SSSR count). The molecule has 8 nitrogen and oxygen atoms in total. The molecule has 9 heteroatoms. The maximum Gasteiger partial charge on any atom is 0.312 e. The van der Waals surface area contributed by atoms with Gasteiger partial charge in [0.25, 0.3) is 0 Å². The molecule has 1 aliphatic heterocycles. The fourth-order valence-electron chi connectivity index (χ4n) is 4.56. The van der Waals surface area contributed by atoms with Crippen LogP contribution in [-0.2, 0) is 4.79 Å². The van der Waals surface area contributed by atoms with Gasteiger partial charge in [-0.2, -0.15) is 0 Å². The summed E-state index contributed by atoms with van der Waals surface area (Å²) in [6, 6.07) is 5.06. The number of aliphatic hydroxyl groups excluding tert-OH is 1. The van der Waals surface area contributed by atoms with Crippen molar-refractivity contribution in [3.05, 3.63) is 46.9 Å².